The minimum Gasteiger partial charge on any atom is -0.374 e. The Labute approximate surface area is 111 Å². The van der Waals surface area contributed by atoms with Gasteiger partial charge in [0.05, 0.1) is 0 Å². The smallest absolute Gasteiger partial charge is 0.272 e. The van der Waals surface area contributed by atoms with Gasteiger partial charge in [-0.25, -0.2) is 8.42 Å². The Morgan fingerprint density at radius 2 is 2.06 bits per heavy atom. The quantitative estimate of drug-likeness (QED) is 0.810. The number of nitrogens with two attached hydrogens (primary N) is 1. The zero-order valence-electron chi connectivity index (χ0n) is 10.2. The Balaban J connectivity index is 1.96. The van der Waals surface area contributed by atoms with Crippen molar-refractivity contribution in [3.63, 3.8) is 0 Å². The summed E-state index contributed by atoms with van der Waals surface area (Å²) in [4.78, 5) is 2.26. The lowest BCUT2D eigenvalue weighted by atomic mass is 10.4. The van der Waals surface area contributed by atoms with Crippen molar-refractivity contribution in [2.24, 2.45) is 0 Å². The van der Waals surface area contributed by atoms with E-state index in [1.807, 2.05) is 0 Å². The molecule has 1 aromatic heterocycles. The van der Waals surface area contributed by atoms with Gasteiger partial charge in [-0.15, -0.1) is 10.2 Å². The number of sulfonamides is 1. The summed E-state index contributed by atoms with van der Waals surface area (Å²) in [7, 11) is -1.98. The molecule has 0 atom stereocenters. The number of hydrogen-bond acceptors (Lipinski definition) is 7. The van der Waals surface area contributed by atoms with Gasteiger partial charge in [-0.3, -0.25) is 0 Å². The Hall–Kier alpha value is -0.770. The highest BCUT2D eigenvalue weighted by Crippen LogP contribution is 2.20. The summed E-state index contributed by atoms with van der Waals surface area (Å²) >= 11 is 0.893. The number of rotatable bonds is 5. The highest BCUT2D eigenvalue weighted by molar-refractivity contribution is 7.91. The summed E-state index contributed by atoms with van der Waals surface area (Å²) < 4.78 is 25.5. The largest absolute Gasteiger partial charge is 0.374 e. The second kappa shape index (κ2) is 5.47. The molecule has 18 heavy (non-hydrogen) atoms. The fourth-order valence-electron chi connectivity index (χ4n) is 1.87. The van der Waals surface area contributed by atoms with Crippen LogP contribution in [0.15, 0.2) is 4.34 Å². The van der Waals surface area contributed by atoms with Crippen molar-refractivity contribution in [2.45, 2.75) is 17.2 Å². The summed E-state index contributed by atoms with van der Waals surface area (Å²) in [6.07, 6.45) is 2.40. The Morgan fingerprint density at radius 1 is 1.39 bits per heavy atom. The van der Waals surface area contributed by atoms with E-state index >= 15 is 0 Å². The molecular formula is C9H17N5O2S2. The number of likely N-dealkylation sites (tertiary alicyclic amines) is 1. The topological polar surface area (TPSA) is 92.4 Å². The van der Waals surface area contributed by atoms with Crippen LogP contribution in [0.3, 0.4) is 0 Å². The molecule has 7 nitrogen and oxygen atoms in total. The molecular weight excluding hydrogens is 274 g/mol. The highest BCUT2D eigenvalue weighted by atomic mass is 32.2. The molecule has 0 aromatic carbocycles. The summed E-state index contributed by atoms with van der Waals surface area (Å²) in [5.74, 6) is 0. The molecule has 9 heteroatoms. The maximum absolute atomic E-state index is 12.1. The van der Waals surface area contributed by atoms with Crippen molar-refractivity contribution in [2.75, 3.05) is 39.0 Å². The van der Waals surface area contributed by atoms with Gasteiger partial charge < -0.3 is 10.6 Å². The van der Waals surface area contributed by atoms with E-state index in [1.54, 1.807) is 7.05 Å². The van der Waals surface area contributed by atoms with Crippen molar-refractivity contribution in [1.29, 1.82) is 0 Å². The van der Waals surface area contributed by atoms with E-state index in [4.69, 9.17) is 5.73 Å². The van der Waals surface area contributed by atoms with Crippen LogP contribution in [0, 0.1) is 0 Å². The van der Waals surface area contributed by atoms with Crippen LogP contribution >= 0.6 is 11.3 Å². The van der Waals surface area contributed by atoms with Crippen LogP contribution in [-0.4, -0.2) is 61.0 Å². The molecule has 1 aliphatic rings. The third-order valence-electron chi connectivity index (χ3n) is 2.98. The average molecular weight is 291 g/mol. The first kappa shape index (κ1) is 13.7. The Kier molecular flexibility index (Phi) is 4.15. The second-order valence-corrected chi connectivity index (χ2v) is 7.51. The number of nitrogens with zero attached hydrogens (tertiary/aromatic N) is 4. The van der Waals surface area contributed by atoms with Crippen LogP contribution in [-0.2, 0) is 10.0 Å². The lowest BCUT2D eigenvalue weighted by molar-refractivity contribution is 0.310. The molecule has 2 heterocycles. The van der Waals surface area contributed by atoms with Crippen LogP contribution in [0.2, 0.25) is 0 Å². The minimum atomic E-state index is -3.54. The normalized spacial score (nSPS) is 17.7. The molecule has 2 N–H and O–H groups in total. The molecule has 1 fully saturated rings. The molecule has 0 radical (unpaired) electrons. The molecule has 0 spiro atoms. The van der Waals surface area contributed by atoms with Crippen molar-refractivity contribution in [3.05, 3.63) is 0 Å². The summed E-state index contributed by atoms with van der Waals surface area (Å²) in [5, 5.41) is 7.29. The third-order valence-corrected chi connectivity index (χ3v) is 5.94. The van der Waals surface area contributed by atoms with Crippen LogP contribution in [0.4, 0.5) is 5.13 Å². The molecule has 1 saturated heterocycles. The number of hydrogen-bond donors (Lipinski definition) is 1. The third kappa shape index (κ3) is 2.97. The van der Waals surface area contributed by atoms with E-state index in [9.17, 15) is 8.42 Å². The maximum atomic E-state index is 12.1. The van der Waals surface area contributed by atoms with Crippen LogP contribution in [0.25, 0.3) is 0 Å². The summed E-state index contributed by atoms with van der Waals surface area (Å²) in [5.41, 5.74) is 5.40. The van der Waals surface area contributed by atoms with Crippen molar-refractivity contribution >= 4 is 26.5 Å². The first-order chi connectivity index (χ1) is 8.50. The minimum absolute atomic E-state index is 0.0380. The van der Waals surface area contributed by atoms with Gasteiger partial charge in [-0.1, -0.05) is 11.3 Å². The fourth-order valence-corrected chi connectivity index (χ4v) is 4.00. The van der Waals surface area contributed by atoms with Crippen LogP contribution < -0.4 is 5.73 Å². The molecule has 0 bridgehead atoms. The zero-order chi connectivity index (χ0) is 13.2. The van der Waals surface area contributed by atoms with Gasteiger partial charge in [0.25, 0.3) is 10.0 Å². The number of aromatic nitrogens is 2. The second-order valence-electron chi connectivity index (χ2n) is 4.28. The van der Waals surface area contributed by atoms with E-state index < -0.39 is 10.0 Å². The number of nitrogen functional groups attached to an aromatic ring is 1. The molecule has 0 aliphatic carbocycles. The number of anilines is 1. The summed E-state index contributed by atoms with van der Waals surface area (Å²) in [6, 6.07) is 0. The molecule has 1 aromatic rings. The lowest BCUT2D eigenvalue weighted by Crippen LogP contribution is -2.35. The van der Waals surface area contributed by atoms with Crippen molar-refractivity contribution < 1.29 is 8.42 Å². The highest BCUT2D eigenvalue weighted by Gasteiger charge is 2.25. The maximum Gasteiger partial charge on any atom is 0.272 e. The molecule has 0 unspecified atom stereocenters. The van der Waals surface area contributed by atoms with Gasteiger partial charge in [0.1, 0.15) is 0 Å². The van der Waals surface area contributed by atoms with Gasteiger partial charge in [0.15, 0.2) is 0 Å². The van der Waals surface area contributed by atoms with E-state index in [-0.39, 0.29) is 9.47 Å². The van der Waals surface area contributed by atoms with E-state index in [2.05, 4.69) is 15.1 Å². The molecule has 1 aliphatic heterocycles. The van der Waals surface area contributed by atoms with Gasteiger partial charge in [0.2, 0.25) is 9.47 Å². The Morgan fingerprint density at radius 3 is 2.61 bits per heavy atom. The summed E-state index contributed by atoms with van der Waals surface area (Å²) in [6.45, 7) is 3.32. The van der Waals surface area contributed by atoms with Crippen LogP contribution in [0.5, 0.6) is 0 Å². The zero-order valence-corrected chi connectivity index (χ0v) is 11.9. The molecule has 102 valence electrons. The molecule has 0 saturated carbocycles. The van der Waals surface area contributed by atoms with Gasteiger partial charge in [-0.05, 0) is 25.9 Å². The monoisotopic (exact) mass is 291 g/mol. The van der Waals surface area contributed by atoms with Crippen molar-refractivity contribution in [1.82, 2.24) is 19.4 Å². The van der Waals surface area contributed by atoms with Crippen LogP contribution in [0.1, 0.15) is 12.8 Å². The van der Waals surface area contributed by atoms with Gasteiger partial charge in [0, 0.05) is 20.1 Å². The molecule has 0 amide bonds. The van der Waals surface area contributed by atoms with Gasteiger partial charge in [-0.2, -0.15) is 4.31 Å². The number of likely N-dealkylation sites (N-methyl/N-ethyl adjacent to an activating group) is 1. The average Bonchev–Trinajstić information content (AvgIpc) is 2.96. The van der Waals surface area contributed by atoms with E-state index in [0.29, 0.717) is 6.54 Å². The fraction of sp³-hybridized carbons (Fsp3) is 0.778. The van der Waals surface area contributed by atoms with Crippen molar-refractivity contribution in [3.8, 4) is 0 Å². The van der Waals surface area contributed by atoms with E-state index in [0.717, 1.165) is 31.0 Å². The van der Waals surface area contributed by atoms with Gasteiger partial charge >= 0.3 is 0 Å². The SMILES string of the molecule is CN(CCN1CCCC1)S(=O)(=O)c1nnc(N)s1. The lowest BCUT2D eigenvalue weighted by Gasteiger charge is -2.19. The molecule has 2 rings (SSSR count). The first-order valence-electron chi connectivity index (χ1n) is 5.78. The first-order valence-corrected chi connectivity index (χ1v) is 8.03. The standard InChI is InChI=1S/C9H17N5O2S2/c1-13(6-7-14-4-2-3-5-14)18(15,16)9-12-11-8(10)17-9/h2-7H2,1H3,(H2,10,11). The Bertz CT molecular complexity index is 495. The van der Waals surface area contributed by atoms with E-state index in [1.165, 1.54) is 17.1 Å². The predicted octanol–water partition coefficient (Wildman–Crippen LogP) is -0.163. The predicted molar refractivity (Wildman–Crippen MR) is 69.8 cm³/mol.